The molecule has 0 aromatic heterocycles. The van der Waals surface area contributed by atoms with E-state index in [1.54, 1.807) is 9.80 Å². The fourth-order valence-electron chi connectivity index (χ4n) is 3.33. The van der Waals surface area contributed by atoms with E-state index in [9.17, 15) is 9.59 Å². The molecule has 4 N–H and O–H groups in total. The van der Waals surface area contributed by atoms with Crippen molar-refractivity contribution in [3.05, 3.63) is 83.9 Å². The number of likely N-dealkylation sites (N-methyl/N-ethyl adjacent to an activating group) is 2. The Morgan fingerprint density at radius 1 is 0.688 bits per heavy atom. The first kappa shape index (κ1) is 24.7. The molecule has 0 bridgehead atoms. The zero-order valence-electron chi connectivity index (χ0n) is 19.0. The smallest absolute Gasteiger partial charge is 0.248 e. The molecular formula is C26H34N4O2. The van der Waals surface area contributed by atoms with Gasteiger partial charge in [0.1, 0.15) is 0 Å². The Kier molecular flexibility index (Phi) is 10.0. The summed E-state index contributed by atoms with van der Waals surface area (Å²) in [5.74, 6) is -0.202. The quantitative estimate of drug-likeness (QED) is 0.418. The zero-order chi connectivity index (χ0) is 23.3. The number of nitrogens with zero attached hydrogens (tertiary/aromatic N) is 2. The van der Waals surface area contributed by atoms with Crippen molar-refractivity contribution in [3.8, 4) is 0 Å². The minimum atomic E-state index is -0.101. The standard InChI is InChI=1S/C26H34N4O2/c1-3-29(25(31)19-23(27)21-13-7-5-8-14-21)17-11-12-18-30(4-2)26(32)20-24(28)22-15-9-6-10-16-22/h5-10,13-16,19-20H,3-4,11-12,17-18,27-28H2,1-2H3. The molecule has 2 aromatic carbocycles. The number of amides is 2. The lowest BCUT2D eigenvalue weighted by Crippen LogP contribution is -2.33. The van der Waals surface area contributed by atoms with Crippen molar-refractivity contribution >= 4 is 23.2 Å². The third-order valence-electron chi connectivity index (χ3n) is 5.27. The van der Waals surface area contributed by atoms with Crippen LogP contribution in [0.3, 0.4) is 0 Å². The summed E-state index contributed by atoms with van der Waals surface area (Å²) in [4.78, 5) is 28.7. The average molecular weight is 435 g/mol. The van der Waals surface area contributed by atoms with Crippen LogP contribution in [0.5, 0.6) is 0 Å². The largest absolute Gasteiger partial charge is 0.398 e. The van der Waals surface area contributed by atoms with Crippen molar-refractivity contribution in [1.82, 2.24) is 9.80 Å². The van der Waals surface area contributed by atoms with E-state index in [-0.39, 0.29) is 11.8 Å². The molecular weight excluding hydrogens is 400 g/mol. The van der Waals surface area contributed by atoms with Gasteiger partial charge in [-0.1, -0.05) is 60.7 Å². The van der Waals surface area contributed by atoms with E-state index in [1.165, 1.54) is 12.2 Å². The van der Waals surface area contributed by atoms with Crippen LogP contribution in [0.2, 0.25) is 0 Å². The molecule has 32 heavy (non-hydrogen) atoms. The Bertz CT molecular complexity index is 846. The maximum absolute atomic E-state index is 12.6. The monoisotopic (exact) mass is 434 g/mol. The van der Waals surface area contributed by atoms with Crippen molar-refractivity contribution in [2.45, 2.75) is 26.7 Å². The van der Waals surface area contributed by atoms with Crippen LogP contribution in [-0.4, -0.2) is 47.8 Å². The number of rotatable bonds is 11. The third kappa shape index (κ3) is 7.61. The molecule has 0 aliphatic rings. The van der Waals surface area contributed by atoms with E-state index in [1.807, 2.05) is 74.5 Å². The minimum absolute atomic E-state index is 0.101. The predicted molar refractivity (Wildman–Crippen MR) is 131 cm³/mol. The second kappa shape index (κ2) is 13.0. The topological polar surface area (TPSA) is 92.7 Å². The van der Waals surface area contributed by atoms with Gasteiger partial charge in [0.2, 0.25) is 11.8 Å². The van der Waals surface area contributed by atoms with Crippen molar-refractivity contribution in [2.24, 2.45) is 11.5 Å². The Morgan fingerprint density at radius 3 is 1.34 bits per heavy atom. The summed E-state index contributed by atoms with van der Waals surface area (Å²) in [6, 6.07) is 18.9. The molecule has 0 unspecified atom stereocenters. The molecule has 0 aliphatic carbocycles. The van der Waals surface area contributed by atoms with Gasteiger partial charge in [0, 0.05) is 49.7 Å². The van der Waals surface area contributed by atoms with E-state index in [0.29, 0.717) is 37.6 Å². The van der Waals surface area contributed by atoms with E-state index in [4.69, 9.17) is 11.5 Å². The second-order valence-electron chi connectivity index (χ2n) is 7.47. The van der Waals surface area contributed by atoms with Gasteiger partial charge in [-0.15, -0.1) is 0 Å². The van der Waals surface area contributed by atoms with Gasteiger partial charge in [0.25, 0.3) is 0 Å². The molecule has 6 heteroatoms. The molecule has 0 fully saturated rings. The number of benzene rings is 2. The maximum atomic E-state index is 12.6. The van der Waals surface area contributed by atoms with Gasteiger partial charge in [-0.2, -0.15) is 0 Å². The first-order valence-corrected chi connectivity index (χ1v) is 11.1. The van der Waals surface area contributed by atoms with Crippen LogP contribution < -0.4 is 11.5 Å². The molecule has 6 nitrogen and oxygen atoms in total. The summed E-state index contributed by atoms with van der Waals surface area (Å²) in [7, 11) is 0. The molecule has 0 spiro atoms. The first-order valence-electron chi connectivity index (χ1n) is 11.1. The lowest BCUT2D eigenvalue weighted by Gasteiger charge is -2.22. The molecule has 0 saturated heterocycles. The summed E-state index contributed by atoms with van der Waals surface area (Å²) in [5.41, 5.74) is 14.7. The fraction of sp³-hybridized carbons (Fsp3) is 0.308. The molecule has 0 heterocycles. The maximum Gasteiger partial charge on any atom is 0.248 e. The Balaban J connectivity index is 1.85. The average Bonchev–Trinajstić information content (AvgIpc) is 2.82. The van der Waals surface area contributed by atoms with Crippen LogP contribution in [0.1, 0.15) is 37.8 Å². The first-order chi connectivity index (χ1) is 15.5. The van der Waals surface area contributed by atoms with Gasteiger partial charge in [0.05, 0.1) is 0 Å². The Labute approximate surface area is 191 Å². The summed E-state index contributed by atoms with van der Waals surface area (Å²) >= 11 is 0. The number of unbranched alkanes of at least 4 members (excludes halogenated alkanes) is 1. The fourth-order valence-corrected chi connectivity index (χ4v) is 3.33. The van der Waals surface area contributed by atoms with Crippen LogP contribution in [0, 0.1) is 0 Å². The van der Waals surface area contributed by atoms with E-state index in [2.05, 4.69) is 0 Å². The lowest BCUT2D eigenvalue weighted by atomic mass is 10.1. The summed E-state index contributed by atoms with van der Waals surface area (Å²) in [6.07, 6.45) is 4.55. The number of carbonyl (C=O) groups is 2. The van der Waals surface area contributed by atoms with Crippen LogP contribution >= 0.6 is 0 Å². The van der Waals surface area contributed by atoms with Gasteiger partial charge >= 0.3 is 0 Å². The van der Waals surface area contributed by atoms with Gasteiger partial charge in [-0.25, -0.2) is 0 Å². The number of carbonyl (C=O) groups excluding carboxylic acids is 2. The number of hydrogen-bond acceptors (Lipinski definition) is 4. The third-order valence-corrected chi connectivity index (χ3v) is 5.27. The van der Waals surface area contributed by atoms with Crippen LogP contribution in [-0.2, 0) is 9.59 Å². The molecule has 2 aromatic rings. The minimum Gasteiger partial charge on any atom is -0.398 e. The second-order valence-corrected chi connectivity index (χ2v) is 7.47. The van der Waals surface area contributed by atoms with Crippen LogP contribution in [0.4, 0.5) is 0 Å². The normalized spacial score (nSPS) is 11.8. The summed E-state index contributed by atoms with van der Waals surface area (Å²) < 4.78 is 0. The highest BCUT2D eigenvalue weighted by Crippen LogP contribution is 2.10. The highest BCUT2D eigenvalue weighted by molar-refractivity contribution is 5.95. The van der Waals surface area contributed by atoms with Crippen molar-refractivity contribution in [3.63, 3.8) is 0 Å². The molecule has 2 amide bonds. The van der Waals surface area contributed by atoms with E-state index in [0.717, 1.165) is 24.0 Å². The van der Waals surface area contributed by atoms with Gasteiger partial charge < -0.3 is 21.3 Å². The van der Waals surface area contributed by atoms with Crippen molar-refractivity contribution < 1.29 is 9.59 Å². The molecule has 170 valence electrons. The molecule has 0 saturated carbocycles. The van der Waals surface area contributed by atoms with Crippen molar-refractivity contribution in [2.75, 3.05) is 26.2 Å². The van der Waals surface area contributed by atoms with Crippen LogP contribution in [0.25, 0.3) is 11.4 Å². The molecule has 2 rings (SSSR count). The predicted octanol–water partition coefficient (Wildman–Crippen LogP) is 3.46. The number of hydrogen-bond donors (Lipinski definition) is 2. The Morgan fingerprint density at radius 2 is 1.03 bits per heavy atom. The van der Waals surface area contributed by atoms with Crippen LogP contribution in [0.15, 0.2) is 72.8 Å². The molecule has 0 radical (unpaired) electrons. The van der Waals surface area contributed by atoms with E-state index >= 15 is 0 Å². The summed E-state index contributed by atoms with van der Waals surface area (Å²) in [5, 5.41) is 0. The number of nitrogens with two attached hydrogens (primary N) is 2. The molecule has 0 atom stereocenters. The van der Waals surface area contributed by atoms with Crippen molar-refractivity contribution in [1.29, 1.82) is 0 Å². The van der Waals surface area contributed by atoms with Gasteiger partial charge in [-0.3, -0.25) is 9.59 Å². The van der Waals surface area contributed by atoms with Gasteiger partial charge in [0.15, 0.2) is 0 Å². The van der Waals surface area contributed by atoms with Gasteiger partial charge in [-0.05, 0) is 37.8 Å². The Hall–Kier alpha value is -3.54. The summed E-state index contributed by atoms with van der Waals surface area (Å²) in [6.45, 7) is 6.32. The zero-order valence-corrected chi connectivity index (χ0v) is 19.0. The lowest BCUT2D eigenvalue weighted by molar-refractivity contribution is -0.127. The highest BCUT2D eigenvalue weighted by Gasteiger charge is 2.13. The SMILES string of the molecule is CCN(CCCCN(CC)C(=O)C=C(N)c1ccccc1)C(=O)C=C(N)c1ccccc1. The highest BCUT2D eigenvalue weighted by atomic mass is 16.2. The van der Waals surface area contributed by atoms with E-state index < -0.39 is 0 Å². The molecule has 0 aliphatic heterocycles.